The third kappa shape index (κ3) is 3.00. The van der Waals surface area contributed by atoms with Gasteiger partial charge in [-0.1, -0.05) is 25.2 Å². The van der Waals surface area contributed by atoms with E-state index in [1.807, 2.05) is 4.90 Å². The summed E-state index contributed by atoms with van der Waals surface area (Å²) in [4.78, 5) is 21.9. The Morgan fingerprint density at radius 3 is 2.43 bits per heavy atom. The number of hydrogen-bond acceptors (Lipinski definition) is 5. The van der Waals surface area contributed by atoms with Gasteiger partial charge in [-0.2, -0.15) is 0 Å². The molecule has 1 aromatic heterocycles. The first kappa shape index (κ1) is 14.6. The largest absolute Gasteiger partial charge is 0.382 e. The smallest absolute Gasteiger partial charge is 0.267 e. The highest BCUT2D eigenvalue weighted by Gasteiger charge is 2.31. The molecule has 2 saturated heterocycles. The van der Waals surface area contributed by atoms with E-state index in [0.717, 1.165) is 44.2 Å². The first-order chi connectivity index (χ1) is 9.96. The van der Waals surface area contributed by atoms with Gasteiger partial charge in [0, 0.05) is 26.2 Å². The predicted octanol–water partition coefficient (Wildman–Crippen LogP) is 2.59. The van der Waals surface area contributed by atoms with Crippen LogP contribution >= 0.6 is 11.3 Å². The van der Waals surface area contributed by atoms with Crippen molar-refractivity contribution in [2.24, 2.45) is 5.41 Å². The number of rotatable bonds is 2. The third-order valence-corrected chi connectivity index (χ3v) is 5.74. The number of nitrogens with zero attached hydrogens (tertiary/aromatic N) is 3. The van der Waals surface area contributed by atoms with E-state index >= 15 is 0 Å². The van der Waals surface area contributed by atoms with E-state index < -0.39 is 0 Å². The van der Waals surface area contributed by atoms with Gasteiger partial charge in [-0.15, -0.1) is 0 Å². The Balaban J connectivity index is 1.73. The van der Waals surface area contributed by atoms with Gasteiger partial charge in [0.25, 0.3) is 5.91 Å². The van der Waals surface area contributed by atoms with Crippen LogP contribution in [-0.4, -0.2) is 42.0 Å². The van der Waals surface area contributed by atoms with Crippen LogP contribution in [0.2, 0.25) is 0 Å². The van der Waals surface area contributed by atoms with Gasteiger partial charge < -0.3 is 15.5 Å². The monoisotopic (exact) mass is 308 g/mol. The quantitative estimate of drug-likeness (QED) is 0.912. The lowest BCUT2D eigenvalue weighted by molar-refractivity contribution is 0.0636. The molecule has 0 spiro atoms. The number of thiazole rings is 1. The van der Waals surface area contributed by atoms with Crippen LogP contribution in [0.1, 0.15) is 49.2 Å². The molecule has 2 N–H and O–H groups in total. The van der Waals surface area contributed by atoms with Crippen molar-refractivity contribution in [3.63, 3.8) is 0 Å². The van der Waals surface area contributed by atoms with Crippen LogP contribution < -0.4 is 10.6 Å². The second kappa shape index (κ2) is 5.48. The number of carbonyl (C=O) groups excluding carboxylic acids is 1. The molecular weight excluding hydrogens is 284 g/mol. The molecule has 0 unspecified atom stereocenters. The number of aromatic nitrogens is 1. The maximum absolute atomic E-state index is 12.7. The summed E-state index contributed by atoms with van der Waals surface area (Å²) in [5, 5.41) is 0.908. The zero-order valence-corrected chi connectivity index (χ0v) is 13.7. The molecule has 3 rings (SSSR count). The molecule has 0 radical (unpaired) electrons. The first-order valence-corrected chi connectivity index (χ1v) is 8.58. The lowest BCUT2D eigenvalue weighted by Gasteiger charge is -2.36. The summed E-state index contributed by atoms with van der Waals surface area (Å²) < 4.78 is 0. The molecule has 21 heavy (non-hydrogen) atoms. The fourth-order valence-electron chi connectivity index (χ4n) is 2.98. The third-order valence-electron chi connectivity index (χ3n) is 4.62. The van der Waals surface area contributed by atoms with Crippen molar-refractivity contribution in [2.45, 2.75) is 39.5 Å². The predicted molar refractivity (Wildman–Crippen MR) is 86.9 cm³/mol. The minimum atomic E-state index is 0.0611. The van der Waals surface area contributed by atoms with Gasteiger partial charge in [0.05, 0.1) is 0 Å². The standard InChI is InChI=1S/C15H24N4OS/c1-15(2)5-9-18(10-6-15)13(20)11-12(16)17-14(21-11)19-7-3-4-8-19/h3-10,16H2,1-2H3. The van der Waals surface area contributed by atoms with E-state index in [1.165, 1.54) is 24.2 Å². The average Bonchev–Trinajstić information content (AvgIpc) is 3.07. The summed E-state index contributed by atoms with van der Waals surface area (Å²) in [7, 11) is 0. The minimum Gasteiger partial charge on any atom is -0.382 e. The summed E-state index contributed by atoms with van der Waals surface area (Å²) >= 11 is 1.46. The highest BCUT2D eigenvalue weighted by molar-refractivity contribution is 7.18. The normalized spacial score (nSPS) is 21.8. The van der Waals surface area contributed by atoms with Crippen LogP contribution in [0.15, 0.2) is 0 Å². The molecule has 3 heterocycles. The van der Waals surface area contributed by atoms with Crippen molar-refractivity contribution in [2.75, 3.05) is 36.8 Å². The van der Waals surface area contributed by atoms with Crippen molar-refractivity contribution < 1.29 is 4.79 Å². The van der Waals surface area contributed by atoms with Gasteiger partial charge >= 0.3 is 0 Å². The van der Waals surface area contributed by atoms with Crippen LogP contribution in [0.5, 0.6) is 0 Å². The Kier molecular flexibility index (Phi) is 3.82. The van der Waals surface area contributed by atoms with Gasteiger partial charge in [-0.05, 0) is 31.1 Å². The summed E-state index contributed by atoms with van der Waals surface area (Å²) in [5.74, 6) is 0.461. The van der Waals surface area contributed by atoms with Gasteiger partial charge in [0.15, 0.2) is 5.13 Å². The SMILES string of the molecule is CC1(C)CCN(C(=O)c2sc(N3CCCC3)nc2N)CC1. The molecule has 1 amide bonds. The van der Waals surface area contributed by atoms with Crippen molar-refractivity contribution in [3.8, 4) is 0 Å². The molecule has 6 heteroatoms. The molecular formula is C15H24N4OS. The van der Waals surface area contributed by atoms with Gasteiger partial charge in [-0.3, -0.25) is 4.79 Å². The average molecular weight is 308 g/mol. The van der Waals surface area contributed by atoms with Crippen LogP contribution in [-0.2, 0) is 0 Å². The van der Waals surface area contributed by atoms with Crippen LogP contribution in [0.25, 0.3) is 0 Å². The van der Waals surface area contributed by atoms with Gasteiger partial charge in [0.2, 0.25) is 0 Å². The van der Waals surface area contributed by atoms with Crippen LogP contribution in [0.4, 0.5) is 10.9 Å². The molecule has 0 saturated carbocycles. The molecule has 5 nitrogen and oxygen atoms in total. The number of likely N-dealkylation sites (tertiary alicyclic amines) is 1. The van der Waals surface area contributed by atoms with Crippen molar-refractivity contribution in [1.82, 2.24) is 9.88 Å². The Hall–Kier alpha value is -1.30. The van der Waals surface area contributed by atoms with E-state index in [9.17, 15) is 4.79 Å². The van der Waals surface area contributed by atoms with E-state index in [0.29, 0.717) is 16.1 Å². The first-order valence-electron chi connectivity index (χ1n) is 7.77. The molecule has 2 fully saturated rings. The Bertz CT molecular complexity index is 524. The van der Waals surface area contributed by atoms with E-state index in [1.54, 1.807) is 0 Å². The van der Waals surface area contributed by atoms with Crippen molar-refractivity contribution in [1.29, 1.82) is 0 Å². The summed E-state index contributed by atoms with van der Waals surface area (Å²) in [6.07, 6.45) is 4.50. The maximum Gasteiger partial charge on any atom is 0.267 e. The second-order valence-electron chi connectivity index (χ2n) is 6.86. The fourth-order valence-corrected chi connectivity index (χ4v) is 3.98. The number of amides is 1. The van der Waals surface area contributed by atoms with Crippen molar-refractivity contribution in [3.05, 3.63) is 4.88 Å². The summed E-state index contributed by atoms with van der Waals surface area (Å²) in [6.45, 7) is 8.23. The number of nitrogen functional groups attached to an aromatic ring is 1. The second-order valence-corrected chi connectivity index (χ2v) is 7.84. The Morgan fingerprint density at radius 1 is 1.19 bits per heavy atom. The Labute approximate surface area is 130 Å². The Morgan fingerprint density at radius 2 is 1.81 bits per heavy atom. The van der Waals surface area contributed by atoms with E-state index in [-0.39, 0.29) is 5.91 Å². The molecule has 0 atom stereocenters. The highest BCUT2D eigenvalue weighted by atomic mass is 32.1. The molecule has 0 aromatic carbocycles. The summed E-state index contributed by atoms with van der Waals surface area (Å²) in [5.41, 5.74) is 6.34. The number of anilines is 2. The zero-order valence-electron chi connectivity index (χ0n) is 12.9. The lowest BCUT2D eigenvalue weighted by atomic mass is 9.82. The molecule has 116 valence electrons. The van der Waals surface area contributed by atoms with Gasteiger partial charge in [0.1, 0.15) is 10.7 Å². The number of carbonyl (C=O) groups is 1. The summed E-state index contributed by atoms with van der Waals surface area (Å²) in [6, 6.07) is 0. The topological polar surface area (TPSA) is 62.5 Å². The number of hydrogen-bond donors (Lipinski definition) is 1. The zero-order chi connectivity index (χ0) is 15.0. The molecule has 2 aliphatic heterocycles. The van der Waals surface area contributed by atoms with Crippen LogP contribution in [0.3, 0.4) is 0 Å². The number of piperidine rings is 1. The maximum atomic E-state index is 12.7. The molecule has 0 aliphatic carbocycles. The molecule has 2 aliphatic rings. The molecule has 1 aromatic rings. The van der Waals surface area contributed by atoms with Crippen LogP contribution in [0, 0.1) is 5.41 Å². The van der Waals surface area contributed by atoms with Gasteiger partial charge in [-0.25, -0.2) is 4.98 Å². The lowest BCUT2D eigenvalue weighted by Crippen LogP contribution is -2.41. The molecule has 0 bridgehead atoms. The fraction of sp³-hybridized carbons (Fsp3) is 0.733. The van der Waals surface area contributed by atoms with E-state index in [2.05, 4.69) is 23.7 Å². The number of nitrogens with two attached hydrogens (primary N) is 1. The van der Waals surface area contributed by atoms with Crippen molar-refractivity contribution >= 4 is 28.2 Å². The minimum absolute atomic E-state index is 0.0611. The highest BCUT2D eigenvalue weighted by Crippen LogP contribution is 2.34. The van der Waals surface area contributed by atoms with E-state index in [4.69, 9.17) is 5.73 Å².